The monoisotopic (exact) mass is 269 g/mol. The fourth-order valence-corrected chi connectivity index (χ4v) is 2.16. The molecule has 0 saturated carbocycles. The third kappa shape index (κ3) is 3.55. The summed E-state index contributed by atoms with van der Waals surface area (Å²) in [6, 6.07) is 9.09. The molecule has 1 aromatic rings. The summed E-state index contributed by atoms with van der Waals surface area (Å²) in [6.07, 6.45) is 0.795. The minimum atomic E-state index is -0.839. The van der Waals surface area contributed by atoms with Crippen molar-refractivity contribution in [1.82, 2.24) is 4.90 Å². The van der Waals surface area contributed by atoms with Crippen molar-refractivity contribution in [2.75, 3.05) is 6.54 Å². The number of piperidine rings is 1. The third-order valence-corrected chi connectivity index (χ3v) is 3.03. The number of carboxylic acid groups (broad SMARTS) is 1. The standard InChI is InChI=1S/C13H15NO3.ClH/c15-11-6-7-12(13(16)17)14(9-11)8-10-4-2-1-3-5-10;/h1-5,12H,6-9H2,(H,16,17);1H/t12-;/m0./s1. The number of benzene rings is 1. The zero-order chi connectivity index (χ0) is 12.3. The van der Waals surface area contributed by atoms with Gasteiger partial charge in [0.25, 0.3) is 0 Å². The Balaban J connectivity index is 0.00000162. The molecule has 0 unspecified atom stereocenters. The number of carbonyl (C=O) groups is 2. The van der Waals surface area contributed by atoms with Gasteiger partial charge in [0.05, 0.1) is 6.54 Å². The molecule has 2 rings (SSSR count). The van der Waals surface area contributed by atoms with Gasteiger partial charge in [-0.25, -0.2) is 0 Å². The molecule has 1 saturated heterocycles. The van der Waals surface area contributed by atoms with Crippen LogP contribution in [0, 0.1) is 0 Å². The Labute approximate surface area is 112 Å². The summed E-state index contributed by atoms with van der Waals surface area (Å²) >= 11 is 0. The van der Waals surface area contributed by atoms with E-state index in [4.69, 9.17) is 5.11 Å². The number of likely N-dealkylation sites (tertiary alicyclic amines) is 1. The minimum absolute atomic E-state index is 0. The van der Waals surface area contributed by atoms with Crippen molar-refractivity contribution < 1.29 is 14.7 Å². The quantitative estimate of drug-likeness (QED) is 0.908. The summed E-state index contributed by atoms with van der Waals surface area (Å²) in [6.45, 7) is 0.759. The van der Waals surface area contributed by atoms with E-state index in [0.29, 0.717) is 19.4 Å². The lowest BCUT2D eigenvalue weighted by molar-refractivity contribution is -0.146. The Hall–Kier alpha value is -1.39. The van der Waals surface area contributed by atoms with Crippen molar-refractivity contribution in [3.63, 3.8) is 0 Å². The number of carbonyl (C=O) groups excluding carboxylic acids is 1. The highest BCUT2D eigenvalue weighted by molar-refractivity contribution is 5.85. The zero-order valence-corrected chi connectivity index (χ0v) is 10.7. The summed E-state index contributed by atoms with van der Waals surface area (Å²) in [5, 5.41) is 9.12. The Bertz CT molecular complexity index is 422. The Morgan fingerprint density at radius 2 is 2.00 bits per heavy atom. The first-order valence-electron chi connectivity index (χ1n) is 5.69. The lowest BCUT2D eigenvalue weighted by Crippen LogP contribution is -2.47. The number of hydrogen-bond donors (Lipinski definition) is 1. The summed E-state index contributed by atoms with van der Waals surface area (Å²) in [5.74, 6) is -0.716. The smallest absolute Gasteiger partial charge is 0.320 e. The Morgan fingerprint density at radius 3 is 2.61 bits per heavy atom. The van der Waals surface area contributed by atoms with Crippen molar-refractivity contribution in [2.24, 2.45) is 0 Å². The van der Waals surface area contributed by atoms with Crippen LogP contribution in [0.2, 0.25) is 0 Å². The van der Waals surface area contributed by atoms with E-state index in [1.54, 1.807) is 4.90 Å². The molecule has 1 aliphatic heterocycles. The van der Waals surface area contributed by atoms with Gasteiger partial charge < -0.3 is 5.11 Å². The number of carboxylic acids is 1. The summed E-state index contributed by atoms with van der Waals surface area (Å²) in [4.78, 5) is 24.2. The number of Topliss-reactive ketones (excluding diaryl/α,β-unsaturated/α-hetero) is 1. The van der Waals surface area contributed by atoms with E-state index < -0.39 is 12.0 Å². The maximum absolute atomic E-state index is 11.4. The van der Waals surface area contributed by atoms with Crippen molar-refractivity contribution >= 4 is 24.2 Å². The van der Waals surface area contributed by atoms with Crippen LogP contribution in [0.15, 0.2) is 30.3 Å². The molecule has 1 atom stereocenters. The predicted molar refractivity (Wildman–Crippen MR) is 69.8 cm³/mol. The van der Waals surface area contributed by atoms with Crippen LogP contribution in [-0.4, -0.2) is 34.3 Å². The highest BCUT2D eigenvalue weighted by Crippen LogP contribution is 2.18. The van der Waals surface area contributed by atoms with E-state index in [1.807, 2.05) is 30.3 Å². The lowest BCUT2D eigenvalue weighted by Gasteiger charge is -2.31. The molecule has 0 aromatic heterocycles. The van der Waals surface area contributed by atoms with Crippen molar-refractivity contribution in [3.05, 3.63) is 35.9 Å². The van der Waals surface area contributed by atoms with Crippen LogP contribution >= 0.6 is 12.4 Å². The average Bonchev–Trinajstić information content (AvgIpc) is 2.30. The number of hydrogen-bond acceptors (Lipinski definition) is 3. The average molecular weight is 270 g/mol. The topological polar surface area (TPSA) is 57.6 Å². The number of ketones is 1. The van der Waals surface area contributed by atoms with Crippen LogP contribution in [0.1, 0.15) is 18.4 Å². The van der Waals surface area contributed by atoms with E-state index in [0.717, 1.165) is 5.56 Å². The van der Waals surface area contributed by atoms with E-state index in [2.05, 4.69) is 0 Å². The maximum Gasteiger partial charge on any atom is 0.320 e. The second-order valence-electron chi connectivity index (χ2n) is 4.32. The van der Waals surface area contributed by atoms with Gasteiger partial charge in [-0.15, -0.1) is 12.4 Å². The summed E-state index contributed by atoms with van der Waals surface area (Å²) < 4.78 is 0. The van der Waals surface area contributed by atoms with Crippen molar-refractivity contribution in [3.8, 4) is 0 Å². The van der Waals surface area contributed by atoms with Crippen LogP contribution in [0.4, 0.5) is 0 Å². The molecule has 1 aliphatic rings. The van der Waals surface area contributed by atoms with Crippen molar-refractivity contribution in [2.45, 2.75) is 25.4 Å². The molecule has 0 radical (unpaired) electrons. The van der Waals surface area contributed by atoms with Crippen molar-refractivity contribution in [1.29, 1.82) is 0 Å². The normalized spacial score (nSPS) is 20.2. The van der Waals surface area contributed by atoms with Gasteiger partial charge in [-0.3, -0.25) is 14.5 Å². The van der Waals surface area contributed by atoms with Crippen LogP contribution in [0.3, 0.4) is 0 Å². The van der Waals surface area contributed by atoms with E-state index in [9.17, 15) is 9.59 Å². The first-order valence-corrected chi connectivity index (χ1v) is 5.69. The molecular weight excluding hydrogens is 254 g/mol. The van der Waals surface area contributed by atoms with Gasteiger partial charge in [-0.05, 0) is 12.0 Å². The molecule has 1 aromatic carbocycles. The number of halogens is 1. The molecule has 0 amide bonds. The van der Waals surface area contributed by atoms with Crippen LogP contribution < -0.4 is 0 Å². The second-order valence-corrected chi connectivity index (χ2v) is 4.32. The molecule has 0 bridgehead atoms. The van der Waals surface area contributed by atoms with Crippen LogP contribution in [0.5, 0.6) is 0 Å². The van der Waals surface area contributed by atoms with E-state index in [1.165, 1.54) is 0 Å². The van der Waals surface area contributed by atoms with E-state index >= 15 is 0 Å². The van der Waals surface area contributed by atoms with Crippen LogP contribution in [0.25, 0.3) is 0 Å². The first kappa shape index (κ1) is 14.7. The highest BCUT2D eigenvalue weighted by atomic mass is 35.5. The zero-order valence-electron chi connectivity index (χ0n) is 9.91. The minimum Gasteiger partial charge on any atom is -0.480 e. The Morgan fingerprint density at radius 1 is 1.33 bits per heavy atom. The fourth-order valence-electron chi connectivity index (χ4n) is 2.16. The SMILES string of the molecule is Cl.O=C1CC[C@@H](C(=O)O)N(Cc2ccccc2)C1. The van der Waals surface area contributed by atoms with Gasteiger partial charge in [0, 0.05) is 13.0 Å². The number of nitrogens with zero attached hydrogens (tertiary/aromatic N) is 1. The fraction of sp³-hybridized carbons (Fsp3) is 0.385. The second kappa shape index (κ2) is 6.52. The molecular formula is C13H16ClNO3. The Kier molecular flexibility index (Phi) is 5.31. The van der Waals surface area contributed by atoms with Gasteiger partial charge in [-0.1, -0.05) is 30.3 Å². The first-order chi connectivity index (χ1) is 8.16. The molecule has 18 heavy (non-hydrogen) atoms. The van der Waals surface area contributed by atoms with Gasteiger partial charge in [0.2, 0.25) is 0 Å². The molecule has 5 heteroatoms. The predicted octanol–water partition coefficient (Wildman–Crippen LogP) is 1.73. The molecule has 0 spiro atoms. The van der Waals surface area contributed by atoms with Gasteiger partial charge in [-0.2, -0.15) is 0 Å². The molecule has 0 aliphatic carbocycles. The highest BCUT2D eigenvalue weighted by Gasteiger charge is 2.31. The van der Waals surface area contributed by atoms with Gasteiger partial charge in [0.15, 0.2) is 0 Å². The van der Waals surface area contributed by atoms with Gasteiger partial charge >= 0.3 is 5.97 Å². The molecule has 98 valence electrons. The molecule has 1 fully saturated rings. The van der Waals surface area contributed by atoms with Gasteiger partial charge in [0.1, 0.15) is 11.8 Å². The molecule has 1 N–H and O–H groups in total. The summed E-state index contributed by atoms with van der Waals surface area (Å²) in [7, 11) is 0. The lowest BCUT2D eigenvalue weighted by atomic mass is 10.0. The van der Waals surface area contributed by atoms with E-state index in [-0.39, 0.29) is 24.7 Å². The largest absolute Gasteiger partial charge is 0.480 e. The molecule has 4 nitrogen and oxygen atoms in total. The molecule has 1 heterocycles. The summed E-state index contributed by atoms with van der Waals surface area (Å²) in [5.41, 5.74) is 1.04. The number of rotatable bonds is 3. The van der Waals surface area contributed by atoms with Crippen LogP contribution in [-0.2, 0) is 16.1 Å². The third-order valence-electron chi connectivity index (χ3n) is 3.03. The maximum atomic E-state index is 11.4. The number of aliphatic carboxylic acids is 1.